The molecule has 18 heavy (non-hydrogen) atoms. The molecule has 0 bridgehead atoms. The topological polar surface area (TPSA) is 0 Å². The molecule has 2 rings (SSSR count). The van der Waals surface area contributed by atoms with Gasteiger partial charge in [0.15, 0.2) is 0 Å². The second-order valence-electron chi connectivity index (χ2n) is 4.21. The molecule has 0 atom stereocenters. The molecule has 0 aliphatic rings. The van der Waals surface area contributed by atoms with E-state index in [0.29, 0.717) is 12.0 Å². The molecule has 0 spiro atoms. The van der Waals surface area contributed by atoms with Gasteiger partial charge in [-0.1, -0.05) is 30.3 Å². The lowest BCUT2D eigenvalue weighted by Gasteiger charge is -2.04. The van der Waals surface area contributed by atoms with Gasteiger partial charge in [-0.25, -0.2) is 8.78 Å². The Kier molecular flexibility index (Phi) is 4.48. The van der Waals surface area contributed by atoms with E-state index in [0.717, 1.165) is 12.8 Å². The molecule has 0 saturated carbocycles. The molecule has 0 nitrogen and oxygen atoms in total. The van der Waals surface area contributed by atoms with Gasteiger partial charge in [0.2, 0.25) is 0 Å². The highest BCUT2D eigenvalue weighted by Gasteiger charge is 2.07. The minimum absolute atomic E-state index is 0.0886. The van der Waals surface area contributed by atoms with Crippen molar-refractivity contribution in [1.82, 2.24) is 0 Å². The molecule has 0 aliphatic heterocycles. The van der Waals surface area contributed by atoms with Gasteiger partial charge in [0.25, 0.3) is 0 Å². The van der Waals surface area contributed by atoms with Crippen LogP contribution in [0.5, 0.6) is 0 Å². The summed E-state index contributed by atoms with van der Waals surface area (Å²) in [6.45, 7) is 0. The summed E-state index contributed by atoms with van der Waals surface area (Å²) in [5.41, 5.74) is 1.94. The van der Waals surface area contributed by atoms with Gasteiger partial charge in [0.05, 0.1) is 4.47 Å². The van der Waals surface area contributed by atoms with Crippen LogP contribution in [0.4, 0.5) is 8.78 Å². The number of aryl methyl sites for hydroxylation is 2. The third-order valence-electron chi connectivity index (χ3n) is 2.82. The maximum absolute atomic E-state index is 13.3. The van der Waals surface area contributed by atoms with E-state index in [-0.39, 0.29) is 4.47 Å². The zero-order chi connectivity index (χ0) is 13.0. The van der Waals surface area contributed by atoms with E-state index < -0.39 is 11.6 Å². The summed E-state index contributed by atoms with van der Waals surface area (Å²) in [5.74, 6) is -1.07. The fourth-order valence-electron chi connectivity index (χ4n) is 1.89. The Labute approximate surface area is 114 Å². The Bertz CT molecular complexity index is 500. The fraction of sp³-hybridized carbons (Fsp3) is 0.200. The molecule has 0 radical (unpaired) electrons. The van der Waals surface area contributed by atoms with Crippen LogP contribution in [-0.4, -0.2) is 0 Å². The Morgan fingerprint density at radius 3 is 2.00 bits per heavy atom. The first-order valence-electron chi connectivity index (χ1n) is 5.84. The van der Waals surface area contributed by atoms with Crippen molar-refractivity contribution in [1.29, 1.82) is 0 Å². The van der Waals surface area contributed by atoms with Gasteiger partial charge in [-0.15, -0.1) is 0 Å². The van der Waals surface area contributed by atoms with Crippen LogP contribution >= 0.6 is 15.9 Å². The van der Waals surface area contributed by atoms with Crippen LogP contribution in [0, 0.1) is 11.6 Å². The van der Waals surface area contributed by atoms with Gasteiger partial charge in [-0.3, -0.25) is 0 Å². The first-order valence-corrected chi connectivity index (χ1v) is 6.63. The average molecular weight is 311 g/mol. The molecule has 2 aromatic rings. The zero-order valence-corrected chi connectivity index (χ0v) is 11.4. The third-order valence-corrected chi connectivity index (χ3v) is 3.57. The molecular formula is C15H13BrF2. The molecule has 0 fully saturated rings. The Balaban J connectivity index is 1.95. The minimum Gasteiger partial charge on any atom is -0.206 e. The zero-order valence-electron chi connectivity index (χ0n) is 9.80. The fourth-order valence-corrected chi connectivity index (χ4v) is 2.12. The van der Waals surface area contributed by atoms with Gasteiger partial charge in [-0.05, 0) is 58.5 Å². The van der Waals surface area contributed by atoms with E-state index >= 15 is 0 Å². The monoisotopic (exact) mass is 310 g/mol. The van der Waals surface area contributed by atoms with Crippen molar-refractivity contribution in [2.45, 2.75) is 19.3 Å². The SMILES string of the molecule is Fc1cc(CCCc2ccccc2)cc(F)c1Br. The second kappa shape index (κ2) is 6.10. The van der Waals surface area contributed by atoms with E-state index in [1.54, 1.807) is 0 Å². The first kappa shape index (κ1) is 13.2. The van der Waals surface area contributed by atoms with Crippen LogP contribution < -0.4 is 0 Å². The van der Waals surface area contributed by atoms with Crippen molar-refractivity contribution in [2.75, 3.05) is 0 Å². The van der Waals surface area contributed by atoms with Crippen LogP contribution in [0.25, 0.3) is 0 Å². The molecule has 0 heterocycles. The standard InChI is InChI=1S/C15H13BrF2/c16-15-13(17)9-12(10-14(15)18)8-4-7-11-5-2-1-3-6-11/h1-3,5-6,9-10H,4,7-8H2. The highest BCUT2D eigenvalue weighted by atomic mass is 79.9. The summed E-state index contributed by atoms with van der Waals surface area (Å²) in [5, 5.41) is 0. The van der Waals surface area contributed by atoms with Gasteiger partial charge < -0.3 is 0 Å². The third kappa shape index (κ3) is 3.39. The molecule has 0 unspecified atom stereocenters. The quantitative estimate of drug-likeness (QED) is 0.704. The second-order valence-corrected chi connectivity index (χ2v) is 5.01. The van der Waals surface area contributed by atoms with Gasteiger partial charge in [-0.2, -0.15) is 0 Å². The van der Waals surface area contributed by atoms with E-state index in [1.165, 1.54) is 17.7 Å². The first-order chi connectivity index (χ1) is 8.66. The summed E-state index contributed by atoms with van der Waals surface area (Å²) in [7, 11) is 0. The van der Waals surface area contributed by atoms with Crippen LogP contribution in [0.2, 0.25) is 0 Å². The molecule has 0 aliphatic carbocycles. The molecule has 94 valence electrons. The molecule has 3 heteroatoms. The largest absolute Gasteiger partial charge is 0.206 e. The summed E-state index contributed by atoms with van der Waals surface area (Å²) in [6.07, 6.45) is 2.47. The number of hydrogen-bond donors (Lipinski definition) is 0. The molecule has 0 amide bonds. The summed E-state index contributed by atoms with van der Waals surface area (Å²) in [6, 6.07) is 12.9. The Hall–Kier alpha value is -1.22. The summed E-state index contributed by atoms with van der Waals surface area (Å²) >= 11 is 2.87. The number of benzene rings is 2. The van der Waals surface area contributed by atoms with E-state index in [4.69, 9.17) is 0 Å². The predicted octanol–water partition coefficient (Wildman–Crippen LogP) is 4.90. The van der Waals surface area contributed by atoms with E-state index in [9.17, 15) is 8.78 Å². The smallest absolute Gasteiger partial charge is 0.140 e. The normalized spacial score (nSPS) is 10.6. The summed E-state index contributed by atoms with van der Waals surface area (Å²) in [4.78, 5) is 0. The van der Waals surface area contributed by atoms with Gasteiger partial charge in [0, 0.05) is 0 Å². The molecular weight excluding hydrogens is 298 g/mol. The van der Waals surface area contributed by atoms with Gasteiger partial charge in [0.1, 0.15) is 11.6 Å². The lowest BCUT2D eigenvalue weighted by atomic mass is 10.0. The highest BCUT2D eigenvalue weighted by Crippen LogP contribution is 2.22. The lowest BCUT2D eigenvalue weighted by Crippen LogP contribution is -1.93. The lowest BCUT2D eigenvalue weighted by molar-refractivity contribution is 0.567. The maximum Gasteiger partial charge on any atom is 0.140 e. The van der Waals surface area contributed by atoms with Crippen molar-refractivity contribution in [2.24, 2.45) is 0 Å². The van der Waals surface area contributed by atoms with Crippen molar-refractivity contribution in [3.63, 3.8) is 0 Å². The Morgan fingerprint density at radius 1 is 0.833 bits per heavy atom. The number of halogens is 3. The van der Waals surface area contributed by atoms with Crippen molar-refractivity contribution in [3.8, 4) is 0 Å². The van der Waals surface area contributed by atoms with E-state index in [2.05, 4.69) is 28.1 Å². The molecule has 0 saturated heterocycles. The summed E-state index contributed by atoms with van der Waals surface area (Å²) < 4.78 is 26.5. The molecule has 0 N–H and O–H groups in total. The van der Waals surface area contributed by atoms with Crippen LogP contribution in [0.3, 0.4) is 0 Å². The predicted molar refractivity (Wildman–Crippen MR) is 72.5 cm³/mol. The van der Waals surface area contributed by atoms with Crippen LogP contribution in [-0.2, 0) is 12.8 Å². The van der Waals surface area contributed by atoms with Gasteiger partial charge >= 0.3 is 0 Å². The Morgan fingerprint density at radius 2 is 1.39 bits per heavy atom. The maximum atomic E-state index is 13.3. The van der Waals surface area contributed by atoms with Crippen LogP contribution in [0.15, 0.2) is 46.9 Å². The molecule has 0 aromatic heterocycles. The highest BCUT2D eigenvalue weighted by molar-refractivity contribution is 9.10. The van der Waals surface area contributed by atoms with Crippen LogP contribution in [0.1, 0.15) is 17.5 Å². The van der Waals surface area contributed by atoms with Crippen molar-refractivity contribution in [3.05, 3.63) is 69.7 Å². The minimum atomic E-state index is -0.537. The number of hydrogen-bond acceptors (Lipinski definition) is 0. The average Bonchev–Trinajstić information content (AvgIpc) is 2.37. The molecule has 2 aromatic carbocycles. The van der Waals surface area contributed by atoms with Crippen molar-refractivity contribution >= 4 is 15.9 Å². The number of rotatable bonds is 4. The van der Waals surface area contributed by atoms with E-state index in [1.807, 2.05) is 18.2 Å². The van der Waals surface area contributed by atoms with Crippen molar-refractivity contribution < 1.29 is 8.78 Å².